The monoisotopic (exact) mass is 438 g/mol. The van der Waals surface area contributed by atoms with Crippen LogP contribution >= 0.6 is 0 Å². The van der Waals surface area contributed by atoms with E-state index in [2.05, 4.69) is 9.64 Å². The summed E-state index contributed by atoms with van der Waals surface area (Å²) in [6, 6.07) is 13.1. The van der Waals surface area contributed by atoms with E-state index in [4.69, 9.17) is 9.47 Å². The second-order valence-corrected chi connectivity index (χ2v) is 7.02. The van der Waals surface area contributed by atoms with Gasteiger partial charge in [-0.2, -0.15) is 0 Å². The Labute approximate surface area is 179 Å². The highest BCUT2D eigenvalue weighted by Gasteiger charge is 2.31. The van der Waals surface area contributed by atoms with Crippen LogP contribution in [0.25, 0.3) is 0 Å². The molecule has 31 heavy (non-hydrogen) atoms. The molecule has 1 fully saturated rings. The summed E-state index contributed by atoms with van der Waals surface area (Å²) in [7, 11) is 0. The maximum Gasteiger partial charge on any atom is 0.573 e. The summed E-state index contributed by atoms with van der Waals surface area (Å²) in [5, 5.41) is 0. The van der Waals surface area contributed by atoms with Gasteiger partial charge in [-0.15, -0.1) is 13.2 Å². The Morgan fingerprint density at radius 2 is 1.55 bits per heavy atom. The van der Waals surface area contributed by atoms with E-state index in [9.17, 15) is 18.0 Å². The zero-order valence-electron chi connectivity index (χ0n) is 17.2. The normalized spacial score (nSPS) is 14.9. The maximum atomic E-state index is 12.5. The molecular formula is C22H25F3N2O4. The lowest BCUT2D eigenvalue weighted by Gasteiger charge is -2.34. The van der Waals surface area contributed by atoms with Gasteiger partial charge in [0.05, 0.1) is 6.61 Å². The topological polar surface area (TPSA) is 51.2 Å². The number of carbonyl (C=O) groups is 1. The number of benzene rings is 2. The molecule has 1 heterocycles. The van der Waals surface area contributed by atoms with Gasteiger partial charge in [0, 0.05) is 32.7 Å². The van der Waals surface area contributed by atoms with Gasteiger partial charge in [0.25, 0.3) is 5.91 Å². The molecule has 0 unspecified atom stereocenters. The second kappa shape index (κ2) is 10.4. The number of hydrogen-bond donors (Lipinski definition) is 0. The van der Waals surface area contributed by atoms with Crippen molar-refractivity contribution in [3.63, 3.8) is 0 Å². The molecular weight excluding hydrogens is 413 g/mol. The molecule has 1 aliphatic heterocycles. The van der Waals surface area contributed by atoms with Crippen molar-refractivity contribution >= 4 is 5.91 Å². The molecule has 1 saturated heterocycles. The highest BCUT2D eigenvalue weighted by Crippen LogP contribution is 2.26. The van der Waals surface area contributed by atoms with E-state index in [1.807, 2.05) is 19.1 Å². The third kappa shape index (κ3) is 7.06. The Bertz CT molecular complexity index is 851. The van der Waals surface area contributed by atoms with Crippen molar-refractivity contribution in [3.05, 3.63) is 54.1 Å². The van der Waals surface area contributed by atoms with Crippen molar-refractivity contribution in [1.82, 2.24) is 9.80 Å². The SMILES string of the molecule is CCOc1ccccc1OCC(=O)N1CCN(Cc2ccc(OC(F)(F)F)cc2)CC1. The van der Waals surface area contributed by atoms with E-state index in [0.717, 1.165) is 5.56 Å². The lowest BCUT2D eigenvalue weighted by Crippen LogP contribution is -2.49. The Morgan fingerprint density at radius 3 is 2.13 bits per heavy atom. The van der Waals surface area contributed by atoms with Crippen LogP contribution < -0.4 is 14.2 Å². The first-order valence-electron chi connectivity index (χ1n) is 10.0. The summed E-state index contributed by atoms with van der Waals surface area (Å²) >= 11 is 0. The van der Waals surface area contributed by atoms with Gasteiger partial charge in [0.1, 0.15) is 5.75 Å². The van der Waals surface area contributed by atoms with Crippen molar-refractivity contribution < 1.29 is 32.2 Å². The molecule has 2 aromatic rings. The number of para-hydroxylation sites is 2. The van der Waals surface area contributed by atoms with Crippen LogP contribution in [-0.2, 0) is 11.3 Å². The number of amides is 1. The van der Waals surface area contributed by atoms with Crippen LogP contribution in [-0.4, -0.2) is 61.5 Å². The van der Waals surface area contributed by atoms with Crippen LogP contribution in [0, 0.1) is 0 Å². The number of carbonyl (C=O) groups excluding carboxylic acids is 1. The largest absolute Gasteiger partial charge is 0.573 e. The summed E-state index contributed by atoms with van der Waals surface area (Å²) in [6.45, 7) is 5.37. The Kier molecular flexibility index (Phi) is 7.62. The first kappa shape index (κ1) is 22.7. The van der Waals surface area contributed by atoms with Crippen molar-refractivity contribution in [1.29, 1.82) is 0 Å². The average Bonchev–Trinajstić information content (AvgIpc) is 2.74. The molecule has 0 atom stereocenters. The quantitative estimate of drug-likeness (QED) is 0.629. The number of hydrogen-bond acceptors (Lipinski definition) is 5. The van der Waals surface area contributed by atoms with Gasteiger partial charge in [-0.3, -0.25) is 9.69 Å². The first-order valence-corrected chi connectivity index (χ1v) is 10.0. The van der Waals surface area contributed by atoms with Gasteiger partial charge in [0.2, 0.25) is 0 Å². The third-order valence-electron chi connectivity index (χ3n) is 4.79. The van der Waals surface area contributed by atoms with E-state index in [-0.39, 0.29) is 18.3 Å². The molecule has 3 rings (SSSR count). The molecule has 9 heteroatoms. The highest BCUT2D eigenvalue weighted by molar-refractivity contribution is 5.78. The fraction of sp³-hybridized carbons (Fsp3) is 0.409. The van der Waals surface area contributed by atoms with Crippen LogP contribution in [0.4, 0.5) is 13.2 Å². The zero-order chi connectivity index (χ0) is 22.3. The minimum atomic E-state index is -4.70. The number of piperazine rings is 1. The number of ether oxygens (including phenoxy) is 3. The lowest BCUT2D eigenvalue weighted by molar-refractivity contribution is -0.274. The number of nitrogens with zero attached hydrogens (tertiary/aromatic N) is 2. The zero-order valence-corrected chi connectivity index (χ0v) is 17.2. The van der Waals surface area contributed by atoms with Crippen molar-refractivity contribution in [3.8, 4) is 17.2 Å². The average molecular weight is 438 g/mol. The van der Waals surface area contributed by atoms with E-state index >= 15 is 0 Å². The molecule has 168 valence electrons. The molecule has 1 aliphatic rings. The molecule has 0 radical (unpaired) electrons. The standard InChI is InChI=1S/C22H25F3N2O4/c1-2-29-19-5-3-4-6-20(19)30-16-21(28)27-13-11-26(12-14-27)15-17-7-9-18(10-8-17)31-22(23,24)25/h3-10H,2,11-16H2,1H3. The van der Waals surface area contributed by atoms with Gasteiger partial charge < -0.3 is 19.1 Å². The predicted octanol–water partition coefficient (Wildman–Crippen LogP) is 3.71. The summed E-state index contributed by atoms with van der Waals surface area (Å²) < 4.78 is 51.8. The Morgan fingerprint density at radius 1 is 0.935 bits per heavy atom. The first-order chi connectivity index (χ1) is 14.8. The maximum absolute atomic E-state index is 12.5. The van der Waals surface area contributed by atoms with E-state index in [1.54, 1.807) is 29.2 Å². The fourth-order valence-electron chi connectivity index (χ4n) is 3.29. The summed E-state index contributed by atoms with van der Waals surface area (Å²) in [6.07, 6.45) is -4.70. The van der Waals surface area contributed by atoms with E-state index in [1.165, 1.54) is 12.1 Å². The van der Waals surface area contributed by atoms with Gasteiger partial charge in [0.15, 0.2) is 18.1 Å². The molecule has 0 spiro atoms. The molecule has 0 aliphatic carbocycles. The van der Waals surface area contributed by atoms with Crippen LogP contribution in [0.1, 0.15) is 12.5 Å². The smallest absolute Gasteiger partial charge is 0.490 e. The van der Waals surface area contributed by atoms with Gasteiger partial charge in [-0.1, -0.05) is 24.3 Å². The van der Waals surface area contributed by atoms with Gasteiger partial charge in [-0.25, -0.2) is 0 Å². The minimum absolute atomic E-state index is 0.0647. The van der Waals surface area contributed by atoms with Crippen LogP contribution in [0.2, 0.25) is 0 Å². The van der Waals surface area contributed by atoms with Crippen LogP contribution in [0.15, 0.2) is 48.5 Å². The molecule has 1 amide bonds. The second-order valence-electron chi connectivity index (χ2n) is 7.02. The van der Waals surface area contributed by atoms with E-state index < -0.39 is 6.36 Å². The summed E-state index contributed by atoms with van der Waals surface area (Å²) in [5.74, 6) is 0.806. The van der Waals surface area contributed by atoms with Crippen LogP contribution in [0.5, 0.6) is 17.2 Å². The molecule has 6 nitrogen and oxygen atoms in total. The molecule has 2 aromatic carbocycles. The fourth-order valence-corrected chi connectivity index (χ4v) is 3.29. The number of halogens is 3. The van der Waals surface area contributed by atoms with Crippen molar-refractivity contribution in [2.24, 2.45) is 0 Å². The summed E-state index contributed by atoms with van der Waals surface area (Å²) in [4.78, 5) is 16.4. The number of rotatable bonds is 8. The lowest BCUT2D eigenvalue weighted by atomic mass is 10.2. The van der Waals surface area contributed by atoms with Gasteiger partial charge >= 0.3 is 6.36 Å². The molecule has 0 N–H and O–H groups in total. The minimum Gasteiger partial charge on any atom is -0.490 e. The summed E-state index contributed by atoms with van der Waals surface area (Å²) in [5.41, 5.74) is 0.880. The highest BCUT2D eigenvalue weighted by atomic mass is 19.4. The molecule has 0 aromatic heterocycles. The van der Waals surface area contributed by atoms with Crippen molar-refractivity contribution in [2.45, 2.75) is 19.8 Å². The predicted molar refractivity (Wildman–Crippen MR) is 108 cm³/mol. The molecule has 0 saturated carbocycles. The molecule has 0 bridgehead atoms. The van der Waals surface area contributed by atoms with Gasteiger partial charge in [-0.05, 0) is 36.8 Å². The van der Waals surface area contributed by atoms with Crippen molar-refractivity contribution in [2.75, 3.05) is 39.4 Å². The van der Waals surface area contributed by atoms with E-state index in [0.29, 0.717) is 50.8 Å². The Balaban J connectivity index is 1.43. The number of alkyl halides is 3. The third-order valence-corrected chi connectivity index (χ3v) is 4.79. The Hall–Kier alpha value is -2.94. The van der Waals surface area contributed by atoms with Crippen LogP contribution in [0.3, 0.4) is 0 Å².